The summed E-state index contributed by atoms with van der Waals surface area (Å²) < 4.78 is 5.85. The Morgan fingerprint density at radius 1 is 1.39 bits per heavy atom. The molecular weight excluding hydrogens is 230 g/mol. The largest absolute Gasteiger partial charge is 0.474 e. The first kappa shape index (κ1) is 12.8. The third-order valence-electron chi connectivity index (χ3n) is 3.39. The number of aromatic nitrogens is 1. The number of nitrogens with zero attached hydrogens (tertiary/aromatic N) is 1. The number of amides is 1. The smallest absolute Gasteiger partial charge is 0.267 e. The second kappa shape index (κ2) is 5.82. The lowest BCUT2D eigenvalue weighted by Crippen LogP contribution is -2.35. The molecule has 98 valence electrons. The van der Waals surface area contributed by atoms with E-state index in [1.165, 1.54) is 6.42 Å². The van der Waals surface area contributed by atoms with Gasteiger partial charge in [-0.25, -0.2) is 4.98 Å². The monoisotopic (exact) mass is 249 g/mol. The maximum absolute atomic E-state index is 11.1. The molecule has 2 unspecified atom stereocenters. The van der Waals surface area contributed by atoms with Crippen molar-refractivity contribution in [1.82, 2.24) is 4.98 Å². The van der Waals surface area contributed by atoms with Gasteiger partial charge in [-0.05, 0) is 31.9 Å². The Morgan fingerprint density at radius 3 is 2.89 bits per heavy atom. The van der Waals surface area contributed by atoms with Gasteiger partial charge in [0.2, 0.25) is 5.88 Å². The lowest BCUT2D eigenvalue weighted by atomic mass is 9.86. The topological polar surface area (TPSA) is 91.2 Å². The van der Waals surface area contributed by atoms with Crippen LogP contribution in [0.3, 0.4) is 0 Å². The first-order valence-electron chi connectivity index (χ1n) is 6.34. The molecule has 1 aromatic heterocycles. The van der Waals surface area contributed by atoms with E-state index >= 15 is 0 Å². The molecule has 1 fully saturated rings. The summed E-state index contributed by atoms with van der Waals surface area (Å²) in [5.41, 5.74) is 11.2. The Balaban J connectivity index is 2.07. The minimum absolute atomic E-state index is 0.0966. The van der Waals surface area contributed by atoms with Crippen molar-refractivity contribution in [3.8, 4) is 5.88 Å². The molecule has 5 heteroatoms. The molecule has 5 nitrogen and oxygen atoms in total. The number of hydrogen-bond acceptors (Lipinski definition) is 4. The summed E-state index contributed by atoms with van der Waals surface area (Å²) in [5.74, 6) is 0.286. The Bertz CT molecular complexity index is 422. The van der Waals surface area contributed by atoms with Crippen LogP contribution in [0.5, 0.6) is 5.88 Å². The standard InChI is InChI=1S/C13H19N3O2/c14-8-9-4-1-2-6-11(9)18-12-7-3-5-10(16-12)13(15)17/h3,5,7,9,11H,1-2,4,6,8,14H2,(H2,15,17). The van der Waals surface area contributed by atoms with Crippen molar-refractivity contribution in [2.45, 2.75) is 31.8 Å². The van der Waals surface area contributed by atoms with Gasteiger partial charge in [-0.15, -0.1) is 0 Å². The van der Waals surface area contributed by atoms with E-state index in [2.05, 4.69) is 4.98 Å². The van der Waals surface area contributed by atoms with Gasteiger partial charge in [-0.3, -0.25) is 4.79 Å². The average Bonchev–Trinajstić information content (AvgIpc) is 2.39. The second-order valence-electron chi connectivity index (χ2n) is 4.66. The first-order chi connectivity index (χ1) is 8.70. The Labute approximate surface area is 107 Å². The fraction of sp³-hybridized carbons (Fsp3) is 0.538. The molecule has 1 saturated carbocycles. The predicted molar refractivity (Wildman–Crippen MR) is 68.2 cm³/mol. The summed E-state index contributed by atoms with van der Waals surface area (Å²) in [7, 11) is 0. The zero-order valence-electron chi connectivity index (χ0n) is 10.3. The molecule has 0 aliphatic heterocycles. The van der Waals surface area contributed by atoms with E-state index in [0.29, 0.717) is 18.3 Å². The Hall–Kier alpha value is -1.62. The van der Waals surface area contributed by atoms with Crippen molar-refractivity contribution in [3.63, 3.8) is 0 Å². The van der Waals surface area contributed by atoms with E-state index in [9.17, 15) is 4.79 Å². The highest BCUT2D eigenvalue weighted by Gasteiger charge is 2.26. The van der Waals surface area contributed by atoms with Crippen LogP contribution in [0.25, 0.3) is 0 Å². The van der Waals surface area contributed by atoms with E-state index in [-0.39, 0.29) is 11.8 Å². The van der Waals surface area contributed by atoms with Crippen molar-refractivity contribution >= 4 is 5.91 Å². The van der Waals surface area contributed by atoms with E-state index < -0.39 is 5.91 Å². The van der Waals surface area contributed by atoms with Crippen molar-refractivity contribution in [1.29, 1.82) is 0 Å². The van der Waals surface area contributed by atoms with Gasteiger partial charge in [-0.1, -0.05) is 12.5 Å². The van der Waals surface area contributed by atoms with Crippen molar-refractivity contribution in [3.05, 3.63) is 23.9 Å². The van der Waals surface area contributed by atoms with Crippen LogP contribution < -0.4 is 16.2 Å². The molecule has 18 heavy (non-hydrogen) atoms. The molecule has 1 heterocycles. The molecule has 0 spiro atoms. The summed E-state index contributed by atoms with van der Waals surface area (Å²) in [4.78, 5) is 15.1. The van der Waals surface area contributed by atoms with Crippen molar-refractivity contribution in [2.24, 2.45) is 17.4 Å². The van der Waals surface area contributed by atoms with Crippen LogP contribution in [0, 0.1) is 5.92 Å². The molecular formula is C13H19N3O2. The molecule has 2 rings (SSSR count). The van der Waals surface area contributed by atoms with Crippen molar-refractivity contribution in [2.75, 3.05) is 6.54 Å². The highest BCUT2D eigenvalue weighted by atomic mass is 16.5. The molecule has 0 aromatic carbocycles. The maximum Gasteiger partial charge on any atom is 0.267 e. The van der Waals surface area contributed by atoms with E-state index in [1.54, 1.807) is 18.2 Å². The van der Waals surface area contributed by atoms with Gasteiger partial charge in [0.15, 0.2) is 0 Å². The first-order valence-corrected chi connectivity index (χ1v) is 6.34. The van der Waals surface area contributed by atoms with E-state index in [1.807, 2.05) is 0 Å². The normalized spacial score (nSPS) is 23.6. The van der Waals surface area contributed by atoms with Crippen LogP contribution in [0.1, 0.15) is 36.2 Å². The summed E-state index contributed by atoms with van der Waals surface area (Å²) in [6, 6.07) is 5.05. The minimum Gasteiger partial charge on any atom is -0.474 e. The van der Waals surface area contributed by atoms with Gasteiger partial charge < -0.3 is 16.2 Å². The van der Waals surface area contributed by atoms with Gasteiger partial charge >= 0.3 is 0 Å². The molecule has 1 aliphatic carbocycles. The van der Waals surface area contributed by atoms with Gasteiger partial charge in [0.1, 0.15) is 11.8 Å². The predicted octanol–water partition coefficient (Wildman–Crippen LogP) is 1.08. The highest BCUT2D eigenvalue weighted by molar-refractivity contribution is 5.90. The van der Waals surface area contributed by atoms with E-state index in [4.69, 9.17) is 16.2 Å². The minimum atomic E-state index is -0.542. The van der Waals surface area contributed by atoms with Gasteiger partial charge in [-0.2, -0.15) is 0 Å². The number of rotatable bonds is 4. The molecule has 0 bridgehead atoms. The summed E-state index contributed by atoms with van der Waals surface area (Å²) in [6.07, 6.45) is 4.54. The zero-order chi connectivity index (χ0) is 13.0. The van der Waals surface area contributed by atoms with Gasteiger partial charge in [0.25, 0.3) is 5.91 Å². The van der Waals surface area contributed by atoms with Crippen LogP contribution >= 0.6 is 0 Å². The fourth-order valence-electron chi connectivity index (χ4n) is 2.37. The molecule has 1 amide bonds. The highest BCUT2D eigenvalue weighted by Crippen LogP contribution is 2.27. The van der Waals surface area contributed by atoms with Crippen molar-refractivity contribution < 1.29 is 9.53 Å². The number of carbonyl (C=O) groups is 1. The van der Waals surface area contributed by atoms with Crippen LogP contribution in [0.15, 0.2) is 18.2 Å². The summed E-state index contributed by atoms with van der Waals surface area (Å²) >= 11 is 0. The maximum atomic E-state index is 11.1. The number of pyridine rings is 1. The second-order valence-corrected chi connectivity index (χ2v) is 4.66. The average molecular weight is 249 g/mol. The van der Waals surface area contributed by atoms with Gasteiger partial charge in [0.05, 0.1) is 0 Å². The Kier molecular flexibility index (Phi) is 4.15. The number of nitrogens with two attached hydrogens (primary N) is 2. The SMILES string of the molecule is NCC1CCCCC1Oc1cccc(C(N)=O)n1. The fourth-order valence-corrected chi connectivity index (χ4v) is 2.37. The van der Waals surface area contributed by atoms with Crippen LogP contribution in [0.2, 0.25) is 0 Å². The summed E-state index contributed by atoms with van der Waals surface area (Å²) in [6.45, 7) is 0.625. The van der Waals surface area contributed by atoms with Crippen LogP contribution in [-0.4, -0.2) is 23.5 Å². The quantitative estimate of drug-likeness (QED) is 0.835. The molecule has 1 aliphatic rings. The molecule has 4 N–H and O–H groups in total. The molecule has 0 radical (unpaired) electrons. The van der Waals surface area contributed by atoms with Gasteiger partial charge in [0, 0.05) is 12.0 Å². The number of hydrogen-bond donors (Lipinski definition) is 2. The molecule has 1 aromatic rings. The lowest BCUT2D eigenvalue weighted by molar-refractivity contribution is 0.0905. The van der Waals surface area contributed by atoms with Crippen LogP contribution in [0.4, 0.5) is 0 Å². The molecule has 2 atom stereocenters. The zero-order valence-corrected chi connectivity index (χ0v) is 10.3. The Morgan fingerprint density at radius 2 is 2.17 bits per heavy atom. The number of primary amides is 1. The third-order valence-corrected chi connectivity index (χ3v) is 3.39. The lowest BCUT2D eigenvalue weighted by Gasteiger charge is -2.30. The summed E-state index contributed by atoms with van der Waals surface area (Å²) in [5, 5.41) is 0. The molecule has 0 saturated heterocycles. The number of carbonyl (C=O) groups excluding carboxylic acids is 1. The third kappa shape index (κ3) is 2.98. The van der Waals surface area contributed by atoms with E-state index in [0.717, 1.165) is 19.3 Å². The van der Waals surface area contributed by atoms with Crippen LogP contribution in [-0.2, 0) is 0 Å². The number of ether oxygens (including phenoxy) is 1.